The molecule has 0 spiro atoms. The average Bonchev–Trinajstić information content (AvgIpc) is 3.24. The summed E-state index contributed by atoms with van der Waals surface area (Å²) in [5, 5.41) is 12.6. The summed E-state index contributed by atoms with van der Waals surface area (Å²) in [5.41, 5.74) is 0. The van der Waals surface area contributed by atoms with Crippen LogP contribution in [0.4, 0.5) is 5.00 Å². The van der Waals surface area contributed by atoms with Gasteiger partial charge in [0.2, 0.25) is 5.91 Å². The van der Waals surface area contributed by atoms with Crippen molar-refractivity contribution in [2.24, 2.45) is 5.92 Å². The highest BCUT2D eigenvalue weighted by Gasteiger charge is 2.19. The van der Waals surface area contributed by atoms with Gasteiger partial charge in [-0.05, 0) is 25.0 Å². The Hall–Kier alpha value is -1.36. The van der Waals surface area contributed by atoms with E-state index in [0.29, 0.717) is 5.00 Å². The molecule has 0 saturated carbocycles. The second-order valence-corrected chi connectivity index (χ2v) is 10.3. The van der Waals surface area contributed by atoms with E-state index >= 15 is 0 Å². The first-order valence-corrected chi connectivity index (χ1v) is 14.0. The van der Waals surface area contributed by atoms with E-state index in [1.54, 1.807) is 12.1 Å². The number of aromatic carboxylic acids is 1. The molecule has 1 heterocycles. The van der Waals surface area contributed by atoms with Crippen molar-refractivity contribution in [2.75, 3.05) is 5.32 Å². The molecule has 0 aliphatic heterocycles. The number of thiophene rings is 1. The molecule has 1 aromatic heterocycles. The smallest absolute Gasteiger partial charge is 0.345 e. The van der Waals surface area contributed by atoms with Gasteiger partial charge in [0.1, 0.15) is 4.88 Å². The van der Waals surface area contributed by atoms with Crippen LogP contribution in [0.3, 0.4) is 0 Å². The van der Waals surface area contributed by atoms with Crippen molar-refractivity contribution in [1.29, 1.82) is 0 Å². The lowest BCUT2D eigenvalue weighted by atomic mass is 9.94. The third-order valence-electron chi connectivity index (χ3n) is 6.25. The highest BCUT2D eigenvalue weighted by atomic mass is 32.1. The van der Waals surface area contributed by atoms with Gasteiger partial charge in [-0.25, -0.2) is 4.79 Å². The summed E-state index contributed by atoms with van der Waals surface area (Å²) < 4.78 is 0. The van der Waals surface area contributed by atoms with E-state index in [1.807, 2.05) is 0 Å². The molecular formula is C27H47NO3S. The minimum atomic E-state index is -0.944. The average molecular weight is 466 g/mol. The van der Waals surface area contributed by atoms with Crippen LogP contribution in [0.1, 0.15) is 139 Å². The standard InChI is InChI=1S/C27H47NO3S/c1-3-5-7-8-9-10-11-12-13-14-15-16-17-18-20-23(19-6-4-2)26(29)28-25-22-21-24(32-25)27(30)31/h21-23H,3-20H2,1-2H3,(H,28,29)(H,30,31). The fourth-order valence-corrected chi connectivity index (χ4v) is 4.93. The van der Waals surface area contributed by atoms with Gasteiger partial charge < -0.3 is 10.4 Å². The van der Waals surface area contributed by atoms with Crippen LogP contribution in [-0.2, 0) is 4.79 Å². The lowest BCUT2D eigenvalue weighted by molar-refractivity contribution is -0.120. The first-order valence-electron chi connectivity index (χ1n) is 13.2. The highest BCUT2D eigenvalue weighted by Crippen LogP contribution is 2.25. The number of amides is 1. The Kier molecular flexibility index (Phi) is 17.2. The van der Waals surface area contributed by atoms with Crippen LogP contribution < -0.4 is 5.32 Å². The Morgan fingerprint density at radius 1 is 0.750 bits per heavy atom. The normalized spacial score (nSPS) is 12.1. The third kappa shape index (κ3) is 13.9. The lowest BCUT2D eigenvalue weighted by Crippen LogP contribution is -2.22. The Bertz CT molecular complexity index is 614. The van der Waals surface area contributed by atoms with E-state index in [9.17, 15) is 9.59 Å². The zero-order valence-corrected chi connectivity index (χ0v) is 21.4. The SMILES string of the molecule is CCCCCCCCCCCCCCCCC(CCCC)C(=O)Nc1ccc(C(=O)O)s1. The van der Waals surface area contributed by atoms with E-state index in [-0.39, 0.29) is 16.7 Å². The highest BCUT2D eigenvalue weighted by molar-refractivity contribution is 7.18. The quantitative estimate of drug-likeness (QED) is 0.178. The van der Waals surface area contributed by atoms with Gasteiger partial charge in [0, 0.05) is 5.92 Å². The molecule has 2 N–H and O–H groups in total. The number of hydrogen-bond acceptors (Lipinski definition) is 3. The van der Waals surface area contributed by atoms with Gasteiger partial charge in [-0.2, -0.15) is 0 Å². The minimum Gasteiger partial charge on any atom is -0.477 e. The van der Waals surface area contributed by atoms with E-state index in [4.69, 9.17) is 5.11 Å². The summed E-state index contributed by atoms with van der Waals surface area (Å²) in [4.78, 5) is 24.0. The predicted octanol–water partition coefficient (Wildman–Crippen LogP) is 9.06. The molecule has 0 bridgehead atoms. The van der Waals surface area contributed by atoms with E-state index in [0.717, 1.165) is 43.4 Å². The predicted molar refractivity (Wildman–Crippen MR) is 138 cm³/mol. The molecule has 1 atom stereocenters. The first-order chi connectivity index (χ1) is 15.6. The molecule has 4 nitrogen and oxygen atoms in total. The Morgan fingerprint density at radius 2 is 1.22 bits per heavy atom. The second kappa shape index (κ2) is 19.1. The van der Waals surface area contributed by atoms with Crippen molar-refractivity contribution in [2.45, 2.75) is 129 Å². The van der Waals surface area contributed by atoms with Crippen LogP contribution in [0.5, 0.6) is 0 Å². The number of hydrogen-bond donors (Lipinski definition) is 2. The molecule has 1 amide bonds. The first kappa shape index (κ1) is 28.7. The number of anilines is 1. The zero-order chi connectivity index (χ0) is 23.4. The molecule has 0 radical (unpaired) electrons. The zero-order valence-electron chi connectivity index (χ0n) is 20.6. The van der Waals surface area contributed by atoms with Crippen LogP contribution in [0.2, 0.25) is 0 Å². The maximum absolute atomic E-state index is 12.7. The van der Waals surface area contributed by atoms with Gasteiger partial charge >= 0.3 is 5.97 Å². The fraction of sp³-hybridized carbons (Fsp3) is 0.778. The minimum absolute atomic E-state index is 0.0302. The van der Waals surface area contributed by atoms with Crippen molar-refractivity contribution in [3.05, 3.63) is 17.0 Å². The van der Waals surface area contributed by atoms with E-state index in [1.165, 1.54) is 83.5 Å². The van der Waals surface area contributed by atoms with Gasteiger partial charge in [0.25, 0.3) is 0 Å². The molecule has 1 rings (SSSR count). The molecule has 0 aliphatic carbocycles. The van der Waals surface area contributed by atoms with E-state index in [2.05, 4.69) is 19.2 Å². The molecule has 1 unspecified atom stereocenters. The summed E-state index contributed by atoms with van der Waals surface area (Å²) >= 11 is 1.13. The summed E-state index contributed by atoms with van der Waals surface area (Å²) in [6.07, 6.45) is 22.8. The maximum Gasteiger partial charge on any atom is 0.345 e. The van der Waals surface area contributed by atoms with E-state index < -0.39 is 5.97 Å². The number of rotatable bonds is 21. The monoisotopic (exact) mass is 465 g/mol. The van der Waals surface area contributed by atoms with Gasteiger partial charge in [0.05, 0.1) is 5.00 Å². The van der Waals surface area contributed by atoms with Gasteiger partial charge in [-0.1, -0.05) is 117 Å². The van der Waals surface area contributed by atoms with Crippen LogP contribution >= 0.6 is 11.3 Å². The van der Waals surface area contributed by atoms with Crippen LogP contribution in [-0.4, -0.2) is 17.0 Å². The van der Waals surface area contributed by atoms with Crippen molar-refractivity contribution in [3.8, 4) is 0 Å². The largest absolute Gasteiger partial charge is 0.477 e. The molecular weight excluding hydrogens is 418 g/mol. The number of nitrogens with one attached hydrogen (secondary N) is 1. The number of carboxylic acid groups (broad SMARTS) is 1. The lowest BCUT2D eigenvalue weighted by Gasteiger charge is -2.16. The number of carbonyl (C=O) groups is 2. The Labute approximate surface area is 200 Å². The van der Waals surface area contributed by atoms with Crippen molar-refractivity contribution >= 4 is 28.2 Å². The molecule has 5 heteroatoms. The molecule has 0 saturated heterocycles. The molecule has 0 aromatic carbocycles. The summed E-state index contributed by atoms with van der Waals surface area (Å²) in [6, 6.07) is 3.24. The van der Waals surface area contributed by atoms with Gasteiger partial charge in [-0.15, -0.1) is 11.3 Å². The molecule has 32 heavy (non-hydrogen) atoms. The van der Waals surface area contributed by atoms with Crippen LogP contribution in [0.25, 0.3) is 0 Å². The Morgan fingerprint density at radius 3 is 1.69 bits per heavy atom. The number of unbranched alkanes of at least 4 members (excludes halogenated alkanes) is 14. The fourth-order valence-electron chi connectivity index (χ4n) is 4.19. The maximum atomic E-state index is 12.7. The molecule has 184 valence electrons. The number of carbonyl (C=O) groups excluding carboxylic acids is 1. The van der Waals surface area contributed by atoms with Crippen LogP contribution in [0, 0.1) is 5.92 Å². The van der Waals surface area contributed by atoms with Crippen molar-refractivity contribution < 1.29 is 14.7 Å². The molecule has 0 aliphatic rings. The summed E-state index contributed by atoms with van der Waals surface area (Å²) in [5.74, 6) is -0.866. The van der Waals surface area contributed by atoms with Gasteiger partial charge in [0.15, 0.2) is 0 Å². The van der Waals surface area contributed by atoms with Crippen LogP contribution in [0.15, 0.2) is 12.1 Å². The summed E-state index contributed by atoms with van der Waals surface area (Å²) in [6.45, 7) is 4.42. The molecule has 0 fully saturated rings. The second-order valence-electron chi connectivity index (χ2n) is 9.18. The van der Waals surface area contributed by atoms with Crippen molar-refractivity contribution in [3.63, 3.8) is 0 Å². The number of carboxylic acids is 1. The topological polar surface area (TPSA) is 66.4 Å². The van der Waals surface area contributed by atoms with Gasteiger partial charge in [-0.3, -0.25) is 4.79 Å². The molecule has 1 aromatic rings. The Balaban J connectivity index is 2.12. The third-order valence-corrected chi connectivity index (χ3v) is 7.23. The summed E-state index contributed by atoms with van der Waals surface area (Å²) in [7, 11) is 0. The van der Waals surface area contributed by atoms with Crippen molar-refractivity contribution in [1.82, 2.24) is 0 Å².